The molecule has 1 aromatic carbocycles. The molecule has 3 atom stereocenters. The zero-order valence-corrected chi connectivity index (χ0v) is 21.0. The number of benzene rings is 1. The van der Waals surface area contributed by atoms with Gasteiger partial charge in [-0.1, -0.05) is 12.1 Å². The zero-order chi connectivity index (χ0) is 24.7. The Bertz CT molecular complexity index is 1000. The molecule has 0 radical (unpaired) electrons. The van der Waals surface area contributed by atoms with Gasteiger partial charge in [-0.3, -0.25) is 4.90 Å². The highest BCUT2D eigenvalue weighted by Gasteiger charge is 2.32. The molecule has 36 heavy (non-hydrogen) atoms. The third-order valence-corrected chi connectivity index (χ3v) is 7.49. The Hall–Kier alpha value is -2.10. The van der Waals surface area contributed by atoms with E-state index >= 15 is 0 Å². The molecular weight excluding hydrogens is 461 g/mol. The average Bonchev–Trinajstić information content (AvgIpc) is 3.38. The first-order chi connectivity index (χ1) is 17.7. The van der Waals surface area contributed by atoms with Crippen molar-refractivity contribution in [3.05, 3.63) is 58.5 Å². The van der Waals surface area contributed by atoms with Gasteiger partial charge in [0, 0.05) is 31.9 Å². The first-order valence-electron chi connectivity index (χ1n) is 13.4. The first kappa shape index (κ1) is 25.5. The molecule has 0 spiro atoms. The number of aryl methyl sites for hydroxylation is 2. The Morgan fingerprint density at radius 2 is 2.17 bits per heavy atom. The van der Waals surface area contributed by atoms with Crippen LogP contribution in [0.3, 0.4) is 0 Å². The van der Waals surface area contributed by atoms with Crippen LogP contribution in [0.5, 0.6) is 0 Å². The summed E-state index contributed by atoms with van der Waals surface area (Å²) in [6.45, 7) is 4.70. The molecule has 196 valence electrons. The smallest absolute Gasteiger partial charge is 0.129 e. The van der Waals surface area contributed by atoms with Crippen molar-refractivity contribution in [2.45, 2.75) is 56.8 Å². The van der Waals surface area contributed by atoms with E-state index in [4.69, 9.17) is 19.2 Å². The quantitative estimate of drug-likeness (QED) is 0.482. The van der Waals surface area contributed by atoms with Crippen LogP contribution in [-0.2, 0) is 27.1 Å². The SMILES string of the molecule is OCC(c1cc(F)ccc1C1COCCO1)N1CC[C@@H](OCCCCc2ccc3c(n2)NCCC3)C1. The van der Waals surface area contributed by atoms with Gasteiger partial charge in [0.1, 0.15) is 17.7 Å². The molecule has 3 aliphatic rings. The van der Waals surface area contributed by atoms with Crippen LogP contribution in [0.4, 0.5) is 10.2 Å². The fourth-order valence-corrected chi connectivity index (χ4v) is 5.54. The lowest BCUT2D eigenvalue weighted by Gasteiger charge is -2.31. The van der Waals surface area contributed by atoms with Crippen LogP contribution in [0.25, 0.3) is 0 Å². The van der Waals surface area contributed by atoms with Gasteiger partial charge in [0.25, 0.3) is 0 Å². The number of hydrogen-bond donors (Lipinski definition) is 2. The van der Waals surface area contributed by atoms with E-state index in [2.05, 4.69) is 22.3 Å². The maximum atomic E-state index is 14.2. The van der Waals surface area contributed by atoms with Crippen molar-refractivity contribution in [3.8, 4) is 0 Å². The Kier molecular flexibility index (Phi) is 8.82. The number of fused-ring (bicyclic) bond motifs is 1. The number of likely N-dealkylation sites (tertiary alicyclic amines) is 1. The Labute approximate surface area is 213 Å². The lowest BCUT2D eigenvalue weighted by Crippen LogP contribution is -2.32. The molecule has 2 N–H and O–H groups in total. The summed E-state index contributed by atoms with van der Waals surface area (Å²) in [6, 6.07) is 8.83. The van der Waals surface area contributed by atoms with Gasteiger partial charge in [0.2, 0.25) is 0 Å². The minimum Gasteiger partial charge on any atom is -0.394 e. The maximum absolute atomic E-state index is 14.2. The molecule has 1 aromatic heterocycles. The van der Waals surface area contributed by atoms with Crippen LogP contribution >= 0.6 is 0 Å². The molecule has 3 aliphatic heterocycles. The molecule has 0 bridgehead atoms. The lowest BCUT2D eigenvalue weighted by molar-refractivity contribution is -0.0909. The second-order valence-corrected chi connectivity index (χ2v) is 9.98. The van der Waals surface area contributed by atoms with E-state index in [1.54, 1.807) is 6.07 Å². The van der Waals surface area contributed by atoms with E-state index in [1.165, 1.54) is 24.1 Å². The normalized spacial score (nSPS) is 23.3. The third kappa shape index (κ3) is 6.23. The van der Waals surface area contributed by atoms with Gasteiger partial charge < -0.3 is 24.6 Å². The molecule has 2 unspecified atom stereocenters. The highest BCUT2D eigenvalue weighted by atomic mass is 19.1. The molecule has 2 saturated heterocycles. The number of pyridine rings is 1. The molecule has 7 nitrogen and oxygen atoms in total. The van der Waals surface area contributed by atoms with Crippen LogP contribution in [0.2, 0.25) is 0 Å². The fourth-order valence-electron chi connectivity index (χ4n) is 5.54. The van der Waals surface area contributed by atoms with E-state index in [0.717, 1.165) is 74.4 Å². The zero-order valence-electron chi connectivity index (χ0n) is 21.0. The van der Waals surface area contributed by atoms with E-state index < -0.39 is 0 Å². The lowest BCUT2D eigenvalue weighted by atomic mass is 9.95. The number of rotatable bonds is 10. The highest BCUT2D eigenvalue weighted by Crippen LogP contribution is 2.34. The Morgan fingerprint density at radius 1 is 1.22 bits per heavy atom. The molecule has 0 aliphatic carbocycles. The first-order valence-corrected chi connectivity index (χ1v) is 13.4. The number of halogens is 1. The number of nitrogens with zero attached hydrogens (tertiary/aromatic N) is 2. The summed E-state index contributed by atoms with van der Waals surface area (Å²) >= 11 is 0. The Morgan fingerprint density at radius 3 is 3.03 bits per heavy atom. The molecule has 8 heteroatoms. The fraction of sp³-hybridized carbons (Fsp3) is 0.607. The molecule has 0 amide bonds. The molecule has 4 heterocycles. The number of aliphatic hydroxyl groups is 1. The number of nitrogens with one attached hydrogen (secondary N) is 1. The number of ether oxygens (including phenoxy) is 3. The molecule has 2 fully saturated rings. The number of anilines is 1. The van der Waals surface area contributed by atoms with Crippen molar-refractivity contribution in [1.82, 2.24) is 9.88 Å². The predicted octanol–water partition coefficient (Wildman–Crippen LogP) is 3.81. The molecular formula is C28H38FN3O4. The van der Waals surface area contributed by atoms with E-state index in [1.807, 2.05) is 0 Å². The van der Waals surface area contributed by atoms with Crippen LogP contribution in [0, 0.1) is 5.82 Å². The number of aliphatic hydroxyl groups excluding tert-OH is 1. The van der Waals surface area contributed by atoms with Gasteiger partial charge in [0.15, 0.2) is 0 Å². The standard InChI is InChI=1S/C28H38FN3O4/c29-21-7-9-24(27-19-34-14-15-36-27)25(16-21)26(18-33)32-12-10-23(17-32)35-13-2-1-5-22-8-6-20-4-3-11-30-28(20)31-22/h6-9,16,23,26-27,33H,1-5,10-15,17-19H2,(H,30,31)/t23-,26?,27?/m1/s1. The average molecular weight is 500 g/mol. The number of unbranched alkanes of at least 4 members (excludes halogenated alkanes) is 1. The third-order valence-electron chi connectivity index (χ3n) is 7.49. The summed E-state index contributed by atoms with van der Waals surface area (Å²) in [5, 5.41) is 13.7. The summed E-state index contributed by atoms with van der Waals surface area (Å²) in [4.78, 5) is 6.98. The van der Waals surface area contributed by atoms with Gasteiger partial charge in [-0.25, -0.2) is 9.37 Å². The minimum absolute atomic E-state index is 0.0839. The van der Waals surface area contributed by atoms with Crippen molar-refractivity contribution >= 4 is 5.82 Å². The van der Waals surface area contributed by atoms with Gasteiger partial charge in [-0.2, -0.15) is 0 Å². The molecule has 2 aromatic rings. The second-order valence-electron chi connectivity index (χ2n) is 9.98. The van der Waals surface area contributed by atoms with Crippen LogP contribution < -0.4 is 5.32 Å². The van der Waals surface area contributed by atoms with Crippen molar-refractivity contribution < 1.29 is 23.7 Å². The van der Waals surface area contributed by atoms with Gasteiger partial charge in [-0.05, 0) is 73.4 Å². The number of aromatic nitrogens is 1. The maximum Gasteiger partial charge on any atom is 0.129 e. The highest BCUT2D eigenvalue weighted by molar-refractivity contribution is 5.47. The minimum atomic E-state index is -0.305. The summed E-state index contributed by atoms with van der Waals surface area (Å²) < 4.78 is 31.9. The second kappa shape index (κ2) is 12.4. The van der Waals surface area contributed by atoms with Crippen molar-refractivity contribution in [3.63, 3.8) is 0 Å². The Balaban J connectivity index is 1.10. The summed E-state index contributed by atoms with van der Waals surface area (Å²) in [6.07, 6.45) is 6.06. The summed E-state index contributed by atoms with van der Waals surface area (Å²) in [7, 11) is 0. The largest absolute Gasteiger partial charge is 0.394 e. The summed E-state index contributed by atoms with van der Waals surface area (Å²) in [5.41, 5.74) is 4.13. The molecule has 0 saturated carbocycles. The van der Waals surface area contributed by atoms with Crippen molar-refractivity contribution in [1.29, 1.82) is 0 Å². The summed E-state index contributed by atoms with van der Waals surface area (Å²) in [5.74, 6) is 0.753. The van der Waals surface area contributed by atoms with Crippen molar-refractivity contribution in [2.24, 2.45) is 0 Å². The van der Waals surface area contributed by atoms with Gasteiger partial charge in [0.05, 0.1) is 38.6 Å². The van der Waals surface area contributed by atoms with E-state index in [9.17, 15) is 9.50 Å². The monoisotopic (exact) mass is 499 g/mol. The topological polar surface area (TPSA) is 76.1 Å². The van der Waals surface area contributed by atoms with Gasteiger partial charge in [-0.15, -0.1) is 0 Å². The van der Waals surface area contributed by atoms with Crippen LogP contribution in [0.15, 0.2) is 30.3 Å². The molecule has 5 rings (SSSR count). The van der Waals surface area contributed by atoms with Crippen LogP contribution in [0.1, 0.15) is 60.2 Å². The predicted molar refractivity (Wildman–Crippen MR) is 136 cm³/mol. The van der Waals surface area contributed by atoms with Gasteiger partial charge >= 0.3 is 0 Å². The number of hydrogen-bond acceptors (Lipinski definition) is 7. The van der Waals surface area contributed by atoms with Crippen molar-refractivity contribution in [2.75, 3.05) is 58.0 Å². The van der Waals surface area contributed by atoms with E-state index in [-0.39, 0.29) is 30.7 Å². The van der Waals surface area contributed by atoms with E-state index in [0.29, 0.717) is 26.4 Å². The van der Waals surface area contributed by atoms with Crippen LogP contribution in [-0.4, -0.2) is 73.8 Å².